The number of carbonyl (C=O) groups is 3. The molecule has 150 valence electrons. The van der Waals surface area contributed by atoms with Crippen molar-refractivity contribution >= 4 is 17.8 Å². The van der Waals surface area contributed by atoms with Gasteiger partial charge < -0.3 is 14.8 Å². The minimum atomic E-state index is -0.828. The van der Waals surface area contributed by atoms with Crippen molar-refractivity contribution in [2.75, 3.05) is 13.7 Å². The van der Waals surface area contributed by atoms with E-state index in [4.69, 9.17) is 9.47 Å². The highest BCUT2D eigenvalue weighted by atomic mass is 19.1. The van der Waals surface area contributed by atoms with Crippen LogP contribution in [0.2, 0.25) is 0 Å². The molecule has 1 aromatic carbocycles. The van der Waals surface area contributed by atoms with Crippen molar-refractivity contribution in [2.24, 2.45) is 5.92 Å². The molecule has 1 N–H and O–H groups in total. The van der Waals surface area contributed by atoms with Crippen molar-refractivity contribution in [3.05, 3.63) is 48.3 Å². The average Bonchev–Trinajstić information content (AvgIpc) is 3.19. The Morgan fingerprint density at radius 2 is 1.93 bits per heavy atom. The molecule has 0 saturated carbocycles. The molecule has 0 aliphatic rings. The first-order valence-electron chi connectivity index (χ1n) is 8.70. The minimum absolute atomic E-state index is 0.0749. The lowest BCUT2D eigenvalue weighted by Gasteiger charge is -2.21. The van der Waals surface area contributed by atoms with Crippen LogP contribution in [0.5, 0.6) is 0 Å². The van der Waals surface area contributed by atoms with Gasteiger partial charge in [0.05, 0.1) is 19.6 Å². The summed E-state index contributed by atoms with van der Waals surface area (Å²) in [6.45, 7) is 3.11. The van der Waals surface area contributed by atoms with Gasteiger partial charge in [-0.05, 0) is 30.2 Å². The van der Waals surface area contributed by atoms with E-state index < -0.39 is 36.3 Å². The van der Waals surface area contributed by atoms with Gasteiger partial charge in [-0.25, -0.2) is 19.0 Å². The minimum Gasteiger partial charge on any atom is -0.467 e. The average molecular weight is 391 g/mol. The van der Waals surface area contributed by atoms with Gasteiger partial charge in [-0.15, -0.1) is 0 Å². The first-order valence-corrected chi connectivity index (χ1v) is 8.70. The zero-order valence-corrected chi connectivity index (χ0v) is 15.8. The molecule has 9 heteroatoms. The number of esters is 2. The lowest BCUT2D eigenvalue weighted by molar-refractivity contribution is -0.147. The number of carbonyl (C=O) groups excluding carboxylic acids is 3. The van der Waals surface area contributed by atoms with Crippen molar-refractivity contribution in [1.29, 1.82) is 0 Å². The number of nitrogens with zero attached hydrogens (tertiary/aromatic N) is 2. The maximum atomic E-state index is 13.1. The molecule has 2 aromatic rings. The van der Waals surface area contributed by atoms with Gasteiger partial charge in [-0.2, -0.15) is 0 Å². The van der Waals surface area contributed by atoms with Gasteiger partial charge >= 0.3 is 11.9 Å². The molecule has 1 heterocycles. The highest BCUT2D eigenvalue weighted by Crippen LogP contribution is 2.13. The van der Waals surface area contributed by atoms with Crippen LogP contribution in [-0.2, 0) is 19.1 Å². The zero-order valence-electron chi connectivity index (χ0n) is 15.8. The molecule has 1 amide bonds. The third-order valence-corrected chi connectivity index (χ3v) is 4.27. The molecule has 0 spiro atoms. The molecule has 1 aromatic heterocycles. The van der Waals surface area contributed by atoms with E-state index in [0.717, 1.165) is 0 Å². The second kappa shape index (κ2) is 9.63. The van der Waals surface area contributed by atoms with E-state index in [-0.39, 0.29) is 11.6 Å². The number of amides is 1. The standard InChI is InChI=1S/C19H22FN3O5/c1-4-12(2)17(19(26)27-3)22-16(24)10-28-18(25)15-9-21-11-23(15)14-7-5-13(20)6-8-14/h5-9,11-12,17H,4,10H2,1-3H3,(H,22,24). The number of benzene rings is 1. The molecule has 0 saturated heterocycles. The number of aromatic nitrogens is 2. The number of hydrogen-bond donors (Lipinski definition) is 1. The van der Waals surface area contributed by atoms with Crippen LogP contribution in [0.1, 0.15) is 30.8 Å². The SMILES string of the molecule is CCC(C)C(NC(=O)COC(=O)c1cncn1-c1ccc(F)cc1)C(=O)OC. The molecule has 28 heavy (non-hydrogen) atoms. The van der Waals surface area contributed by atoms with Gasteiger partial charge in [0.1, 0.15) is 11.9 Å². The van der Waals surface area contributed by atoms with Gasteiger partial charge in [0.25, 0.3) is 5.91 Å². The van der Waals surface area contributed by atoms with Gasteiger partial charge in [0.2, 0.25) is 0 Å². The Labute approximate surface area is 161 Å². The molecule has 0 aliphatic heterocycles. The number of methoxy groups -OCH3 is 1. The lowest BCUT2D eigenvalue weighted by atomic mass is 9.99. The number of rotatable bonds is 8. The molecule has 8 nitrogen and oxygen atoms in total. The van der Waals surface area contributed by atoms with Crippen LogP contribution in [0.25, 0.3) is 5.69 Å². The molecule has 2 unspecified atom stereocenters. The Kier molecular flexibility index (Phi) is 7.25. The van der Waals surface area contributed by atoms with E-state index in [9.17, 15) is 18.8 Å². The second-order valence-corrected chi connectivity index (χ2v) is 6.16. The molecule has 0 fully saturated rings. The van der Waals surface area contributed by atoms with Crippen LogP contribution in [0.4, 0.5) is 4.39 Å². The maximum absolute atomic E-state index is 13.1. The summed E-state index contributed by atoms with van der Waals surface area (Å²) in [7, 11) is 1.24. The van der Waals surface area contributed by atoms with Gasteiger partial charge in [0, 0.05) is 5.69 Å². The van der Waals surface area contributed by atoms with E-state index in [1.165, 1.54) is 48.5 Å². The summed E-state index contributed by atoms with van der Waals surface area (Å²) in [6, 6.07) is 4.63. The molecular weight excluding hydrogens is 369 g/mol. The van der Waals surface area contributed by atoms with Gasteiger partial charge in [0.15, 0.2) is 12.3 Å². The monoisotopic (exact) mass is 391 g/mol. The molecule has 0 bridgehead atoms. The van der Waals surface area contributed by atoms with Crippen LogP contribution < -0.4 is 5.32 Å². The van der Waals surface area contributed by atoms with E-state index in [1.54, 1.807) is 6.92 Å². The van der Waals surface area contributed by atoms with Crippen molar-refractivity contribution < 1.29 is 28.2 Å². The van der Waals surface area contributed by atoms with Crippen molar-refractivity contribution in [3.63, 3.8) is 0 Å². The van der Waals surface area contributed by atoms with Crippen LogP contribution in [0.3, 0.4) is 0 Å². The number of imidazole rings is 1. The summed E-state index contributed by atoms with van der Waals surface area (Å²) in [4.78, 5) is 40.1. The van der Waals surface area contributed by atoms with E-state index in [2.05, 4.69) is 10.3 Å². The van der Waals surface area contributed by atoms with Crippen molar-refractivity contribution in [1.82, 2.24) is 14.9 Å². The van der Waals surface area contributed by atoms with E-state index in [1.807, 2.05) is 6.92 Å². The summed E-state index contributed by atoms with van der Waals surface area (Å²) in [5.74, 6) is -2.53. The summed E-state index contributed by atoms with van der Waals surface area (Å²) < 4.78 is 24.2. The van der Waals surface area contributed by atoms with Crippen LogP contribution >= 0.6 is 0 Å². The number of halogens is 1. The molecule has 0 radical (unpaired) electrons. The second-order valence-electron chi connectivity index (χ2n) is 6.16. The largest absolute Gasteiger partial charge is 0.467 e. The molecular formula is C19H22FN3O5. The number of ether oxygens (including phenoxy) is 2. The topological polar surface area (TPSA) is 99.5 Å². The van der Waals surface area contributed by atoms with Crippen LogP contribution in [0.15, 0.2) is 36.8 Å². The Morgan fingerprint density at radius 1 is 1.25 bits per heavy atom. The van der Waals surface area contributed by atoms with E-state index in [0.29, 0.717) is 12.1 Å². The Bertz CT molecular complexity index is 834. The van der Waals surface area contributed by atoms with Crippen molar-refractivity contribution in [3.8, 4) is 5.69 Å². The molecule has 2 atom stereocenters. The maximum Gasteiger partial charge on any atom is 0.357 e. The summed E-state index contributed by atoms with van der Waals surface area (Å²) in [5.41, 5.74) is 0.587. The Balaban J connectivity index is 2.00. The fourth-order valence-electron chi connectivity index (χ4n) is 2.47. The predicted molar refractivity (Wildman–Crippen MR) is 97.2 cm³/mol. The molecule has 2 rings (SSSR count). The lowest BCUT2D eigenvalue weighted by Crippen LogP contribution is -2.47. The highest BCUT2D eigenvalue weighted by Gasteiger charge is 2.27. The van der Waals surface area contributed by atoms with Gasteiger partial charge in [-0.3, -0.25) is 9.36 Å². The van der Waals surface area contributed by atoms with Crippen molar-refractivity contribution in [2.45, 2.75) is 26.3 Å². The predicted octanol–water partition coefficient (Wildman–Crippen LogP) is 1.87. The molecule has 0 aliphatic carbocycles. The third kappa shape index (κ3) is 5.15. The zero-order chi connectivity index (χ0) is 20.7. The number of hydrogen-bond acceptors (Lipinski definition) is 6. The quantitative estimate of drug-likeness (QED) is 0.690. The smallest absolute Gasteiger partial charge is 0.357 e. The first kappa shape index (κ1) is 21.1. The van der Waals surface area contributed by atoms with Crippen LogP contribution in [-0.4, -0.2) is 47.2 Å². The Hall–Kier alpha value is -3.23. The Morgan fingerprint density at radius 3 is 2.54 bits per heavy atom. The normalized spacial score (nSPS) is 12.7. The fraction of sp³-hybridized carbons (Fsp3) is 0.368. The summed E-state index contributed by atoms with van der Waals surface area (Å²) >= 11 is 0. The van der Waals surface area contributed by atoms with Crippen LogP contribution in [0, 0.1) is 11.7 Å². The van der Waals surface area contributed by atoms with E-state index >= 15 is 0 Å². The third-order valence-electron chi connectivity index (χ3n) is 4.27. The fourth-order valence-corrected chi connectivity index (χ4v) is 2.47. The summed E-state index contributed by atoms with van der Waals surface area (Å²) in [6.07, 6.45) is 3.30. The summed E-state index contributed by atoms with van der Waals surface area (Å²) in [5, 5.41) is 2.52. The van der Waals surface area contributed by atoms with Gasteiger partial charge in [-0.1, -0.05) is 20.3 Å². The first-order chi connectivity index (χ1) is 13.4. The number of nitrogens with one attached hydrogen (secondary N) is 1. The highest BCUT2D eigenvalue weighted by molar-refractivity contribution is 5.91.